The molecule has 4 heteroatoms. The predicted octanol–water partition coefficient (Wildman–Crippen LogP) is 6.23. The molecule has 4 nitrogen and oxygen atoms in total. The summed E-state index contributed by atoms with van der Waals surface area (Å²) in [5.74, 6) is 1.02. The van der Waals surface area contributed by atoms with E-state index in [1.807, 2.05) is 6.20 Å². The molecule has 0 atom stereocenters. The average molecular weight is 344 g/mol. The van der Waals surface area contributed by atoms with Gasteiger partial charge < -0.3 is 9.15 Å². The highest BCUT2D eigenvalue weighted by Crippen LogP contribution is 2.24. The Hall–Kier alpha value is -1.58. The number of nitrogens with zero attached hydrogens (tertiary/aromatic N) is 2. The van der Waals surface area contributed by atoms with Crippen molar-refractivity contribution < 1.29 is 9.15 Å². The summed E-state index contributed by atoms with van der Waals surface area (Å²) >= 11 is 0. The van der Waals surface area contributed by atoms with Crippen molar-refractivity contribution in [3.05, 3.63) is 18.0 Å². The molecule has 0 unspecified atom stereocenters. The largest absolute Gasteiger partial charge is 0.460 e. The van der Waals surface area contributed by atoms with Crippen molar-refractivity contribution in [2.24, 2.45) is 0 Å². The third-order valence-electron chi connectivity index (χ3n) is 5.15. The maximum atomic E-state index is 5.90. The lowest BCUT2D eigenvalue weighted by atomic mass is 10.1. The van der Waals surface area contributed by atoms with E-state index in [1.54, 1.807) is 0 Å². The Morgan fingerprint density at radius 3 is 2.52 bits per heavy atom. The van der Waals surface area contributed by atoms with Gasteiger partial charge in [-0.25, -0.2) is 4.98 Å². The molecule has 2 aromatic heterocycles. The van der Waals surface area contributed by atoms with Crippen LogP contribution >= 0.6 is 0 Å². The zero-order valence-electron chi connectivity index (χ0n) is 15.6. The fourth-order valence-electron chi connectivity index (χ4n) is 3.64. The first kappa shape index (κ1) is 18.2. The number of unbranched alkanes of at least 4 members (excludes halogenated alkanes) is 7. The summed E-state index contributed by atoms with van der Waals surface area (Å²) in [6.45, 7) is 2.27. The number of furan rings is 1. The van der Waals surface area contributed by atoms with Crippen LogP contribution in [0.2, 0.25) is 0 Å². The van der Waals surface area contributed by atoms with Gasteiger partial charge in [0.05, 0.1) is 5.39 Å². The second kappa shape index (κ2) is 9.79. The van der Waals surface area contributed by atoms with Crippen LogP contribution in [0.3, 0.4) is 0 Å². The Morgan fingerprint density at radius 2 is 1.76 bits per heavy atom. The third kappa shape index (κ3) is 5.72. The van der Waals surface area contributed by atoms with Gasteiger partial charge in [0.15, 0.2) is 0 Å². The standard InChI is InChI=1S/C21H32N2O2/c1-2-3-4-5-6-7-8-9-14-19-15-17-16-22-21(23-20(17)24-19)25-18-12-10-11-13-18/h15-16,18H,2-14H2,1H3. The molecule has 0 amide bonds. The lowest BCUT2D eigenvalue weighted by Gasteiger charge is -2.09. The number of aromatic nitrogens is 2. The summed E-state index contributed by atoms with van der Waals surface area (Å²) < 4.78 is 11.8. The van der Waals surface area contributed by atoms with E-state index in [-0.39, 0.29) is 6.10 Å². The quantitative estimate of drug-likeness (QED) is 0.453. The maximum absolute atomic E-state index is 5.90. The molecule has 0 radical (unpaired) electrons. The Balaban J connectivity index is 1.41. The van der Waals surface area contributed by atoms with Crippen molar-refractivity contribution in [3.8, 4) is 6.01 Å². The number of rotatable bonds is 11. The highest BCUT2D eigenvalue weighted by Gasteiger charge is 2.18. The molecule has 2 heterocycles. The van der Waals surface area contributed by atoms with Gasteiger partial charge in [-0.2, -0.15) is 4.98 Å². The molecular weight excluding hydrogens is 312 g/mol. The Kier molecular flexibility index (Phi) is 7.13. The van der Waals surface area contributed by atoms with Crippen LogP contribution < -0.4 is 4.74 Å². The Bertz CT molecular complexity index is 632. The molecule has 0 spiro atoms. The topological polar surface area (TPSA) is 48.2 Å². The monoisotopic (exact) mass is 344 g/mol. The van der Waals surface area contributed by atoms with E-state index in [2.05, 4.69) is 23.0 Å². The molecule has 0 aromatic carbocycles. The predicted molar refractivity (Wildman–Crippen MR) is 101 cm³/mol. The van der Waals surface area contributed by atoms with E-state index in [9.17, 15) is 0 Å². The van der Waals surface area contributed by atoms with Gasteiger partial charge in [-0.1, -0.05) is 51.9 Å². The summed E-state index contributed by atoms with van der Waals surface area (Å²) in [7, 11) is 0. The molecule has 1 aliphatic carbocycles. The van der Waals surface area contributed by atoms with Gasteiger partial charge in [0.1, 0.15) is 11.9 Å². The van der Waals surface area contributed by atoms with Crippen molar-refractivity contribution in [1.82, 2.24) is 9.97 Å². The lowest BCUT2D eigenvalue weighted by Crippen LogP contribution is -2.12. The van der Waals surface area contributed by atoms with Crippen molar-refractivity contribution >= 4 is 11.1 Å². The van der Waals surface area contributed by atoms with Crippen LogP contribution in [0.1, 0.15) is 89.7 Å². The molecule has 0 N–H and O–H groups in total. The summed E-state index contributed by atoms with van der Waals surface area (Å²) in [6, 6.07) is 2.54. The van der Waals surface area contributed by atoms with Gasteiger partial charge in [0.25, 0.3) is 0 Å². The molecule has 138 valence electrons. The average Bonchev–Trinajstić information content (AvgIpc) is 3.26. The highest BCUT2D eigenvalue weighted by atomic mass is 16.5. The summed E-state index contributed by atoms with van der Waals surface area (Å²) in [5.41, 5.74) is 0.664. The molecular formula is C21H32N2O2. The SMILES string of the molecule is CCCCCCCCCCc1cc2cnc(OC3CCCC3)nc2o1. The van der Waals surface area contributed by atoms with E-state index in [4.69, 9.17) is 9.15 Å². The Morgan fingerprint density at radius 1 is 1.04 bits per heavy atom. The van der Waals surface area contributed by atoms with Crippen LogP contribution in [0.4, 0.5) is 0 Å². The molecule has 0 saturated heterocycles. The van der Waals surface area contributed by atoms with Crippen LogP contribution in [0.25, 0.3) is 11.1 Å². The minimum Gasteiger partial charge on any atom is -0.460 e. The number of fused-ring (bicyclic) bond motifs is 1. The lowest BCUT2D eigenvalue weighted by molar-refractivity contribution is 0.192. The highest BCUT2D eigenvalue weighted by molar-refractivity contribution is 5.73. The molecule has 1 saturated carbocycles. The minimum absolute atomic E-state index is 0.282. The number of hydrogen-bond donors (Lipinski definition) is 0. The summed E-state index contributed by atoms with van der Waals surface area (Å²) in [4.78, 5) is 8.78. The summed E-state index contributed by atoms with van der Waals surface area (Å²) in [6.07, 6.45) is 18.5. The van der Waals surface area contributed by atoms with Crippen molar-refractivity contribution in [2.45, 2.75) is 96.5 Å². The number of aryl methyl sites for hydroxylation is 1. The summed E-state index contributed by atoms with van der Waals surface area (Å²) in [5, 5.41) is 0.980. The fourth-order valence-corrected chi connectivity index (χ4v) is 3.64. The zero-order valence-corrected chi connectivity index (χ0v) is 15.6. The third-order valence-corrected chi connectivity index (χ3v) is 5.15. The molecule has 1 aliphatic rings. The van der Waals surface area contributed by atoms with Gasteiger partial charge in [-0.15, -0.1) is 0 Å². The molecule has 0 aliphatic heterocycles. The molecule has 0 bridgehead atoms. The Labute approximate surface area is 151 Å². The van der Waals surface area contributed by atoms with Crippen molar-refractivity contribution in [3.63, 3.8) is 0 Å². The minimum atomic E-state index is 0.282. The van der Waals surface area contributed by atoms with E-state index in [1.165, 1.54) is 64.2 Å². The number of ether oxygens (including phenoxy) is 1. The van der Waals surface area contributed by atoms with Gasteiger partial charge in [-0.3, -0.25) is 0 Å². The van der Waals surface area contributed by atoms with Gasteiger partial charge >= 0.3 is 6.01 Å². The zero-order chi connectivity index (χ0) is 17.3. The molecule has 1 fully saturated rings. The van der Waals surface area contributed by atoms with E-state index >= 15 is 0 Å². The smallest absolute Gasteiger partial charge is 0.320 e. The molecule has 2 aromatic rings. The second-order valence-electron chi connectivity index (χ2n) is 7.37. The van der Waals surface area contributed by atoms with E-state index < -0.39 is 0 Å². The second-order valence-corrected chi connectivity index (χ2v) is 7.37. The van der Waals surface area contributed by atoms with Crippen molar-refractivity contribution in [1.29, 1.82) is 0 Å². The normalized spacial score (nSPS) is 15.2. The van der Waals surface area contributed by atoms with Gasteiger partial charge in [-0.05, 0) is 38.2 Å². The first-order valence-corrected chi connectivity index (χ1v) is 10.3. The van der Waals surface area contributed by atoms with E-state index in [0.29, 0.717) is 11.7 Å². The first-order valence-electron chi connectivity index (χ1n) is 10.3. The number of hydrogen-bond acceptors (Lipinski definition) is 4. The fraction of sp³-hybridized carbons (Fsp3) is 0.714. The van der Waals surface area contributed by atoms with Gasteiger partial charge in [0, 0.05) is 12.6 Å². The first-order chi connectivity index (χ1) is 12.3. The van der Waals surface area contributed by atoms with Crippen LogP contribution in [-0.2, 0) is 6.42 Å². The maximum Gasteiger partial charge on any atom is 0.320 e. The van der Waals surface area contributed by atoms with Crippen LogP contribution in [0.15, 0.2) is 16.7 Å². The molecule has 25 heavy (non-hydrogen) atoms. The van der Waals surface area contributed by atoms with Crippen LogP contribution in [0, 0.1) is 0 Å². The van der Waals surface area contributed by atoms with Crippen molar-refractivity contribution in [2.75, 3.05) is 0 Å². The van der Waals surface area contributed by atoms with Crippen LogP contribution in [0.5, 0.6) is 6.01 Å². The molecule has 3 rings (SSSR count). The van der Waals surface area contributed by atoms with Crippen LogP contribution in [-0.4, -0.2) is 16.1 Å². The van der Waals surface area contributed by atoms with E-state index in [0.717, 1.165) is 30.4 Å². The van der Waals surface area contributed by atoms with Gasteiger partial charge in [0.2, 0.25) is 5.71 Å².